The van der Waals surface area contributed by atoms with Crippen molar-refractivity contribution in [3.8, 4) is 5.75 Å². The Labute approximate surface area is 194 Å². The van der Waals surface area contributed by atoms with E-state index in [9.17, 15) is 4.79 Å². The van der Waals surface area contributed by atoms with Crippen molar-refractivity contribution in [1.82, 2.24) is 19.8 Å². The van der Waals surface area contributed by atoms with Gasteiger partial charge in [-0.25, -0.2) is 0 Å². The van der Waals surface area contributed by atoms with Gasteiger partial charge in [-0.3, -0.25) is 19.7 Å². The Kier molecular flexibility index (Phi) is 6.07. The molecule has 2 aromatic heterocycles. The second kappa shape index (κ2) is 9.29. The second-order valence-corrected chi connectivity index (χ2v) is 8.68. The first-order valence-electron chi connectivity index (χ1n) is 11.3. The van der Waals surface area contributed by atoms with Gasteiger partial charge in [-0.05, 0) is 47.0 Å². The quantitative estimate of drug-likeness (QED) is 0.583. The van der Waals surface area contributed by atoms with Crippen molar-refractivity contribution in [2.45, 2.75) is 24.6 Å². The number of carbonyl (C=O) groups excluding carboxylic acids is 1. The molecule has 0 bridgehead atoms. The van der Waals surface area contributed by atoms with Crippen LogP contribution in [0.25, 0.3) is 0 Å². The van der Waals surface area contributed by atoms with Gasteiger partial charge in [-0.1, -0.05) is 18.2 Å². The number of hydrogen-bond acceptors (Lipinski definition) is 6. The van der Waals surface area contributed by atoms with Gasteiger partial charge in [0.15, 0.2) is 5.60 Å². The zero-order valence-electron chi connectivity index (χ0n) is 18.8. The van der Waals surface area contributed by atoms with Crippen molar-refractivity contribution in [3.63, 3.8) is 0 Å². The number of amides is 1. The number of morpholine rings is 1. The Morgan fingerprint density at radius 3 is 2.55 bits per heavy atom. The van der Waals surface area contributed by atoms with Gasteiger partial charge in [0.1, 0.15) is 5.75 Å². The summed E-state index contributed by atoms with van der Waals surface area (Å²) < 4.78 is 11.6. The maximum atomic E-state index is 14.0. The van der Waals surface area contributed by atoms with Gasteiger partial charge in [-0.2, -0.15) is 0 Å². The number of rotatable bonds is 6. The number of aromatic nitrogens is 2. The molecule has 0 aliphatic carbocycles. The van der Waals surface area contributed by atoms with E-state index in [0.717, 1.165) is 30.0 Å². The highest BCUT2D eigenvalue weighted by molar-refractivity contribution is 5.88. The molecule has 0 unspecified atom stereocenters. The van der Waals surface area contributed by atoms with Crippen LogP contribution in [0.1, 0.15) is 22.6 Å². The van der Waals surface area contributed by atoms with Crippen molar-refractivity contribution in [2.24, 2.45) is 0 Å². The fourth-order valence-corrected chi connectivity index (χ4v) is 4.97. The van der Waals surface area contributed by atoms with Gasteiger partial charge in [-0.15, -0.1) is 0 Å². The van der Waals surface area contributed by atoms with Crippen LogP contribution in [0.15, 0.2) is 73.3 Å². The van der Waals surface area contributed by atoms with Crippen LogP contribution in [0.4, 0.5) is 0 Å². The van der Waals surface area contributed by atoms with Crippen LogP contribution in [0.2, 0.25) is 0 Å². The highest BCUT2D eigenvalue weighted by Crippen LogP contribution is 2.42. The summed E-state index contributed by atoms with van der Waals surface area (Å²) in [6, 6.07) is 15.9. The lowest BCUT2D eigenvalue weighted by Crippen LogP contribution is -2.59. The van der Waals surface area contributed by atoms with E-state index in [2.05, 4.69) is 20.9 Å². The van der Waals surface area contributed by atoms with Gasteiger partial charge in [0.25, 0.3) is 5.91 Å². The fraction of sp³-hybridized carbons (Fsp3) is 0.346. The fourth-order valence-electron chi connectivity index (χ4n) is 4.97. The minimum Gasteiger partial charge on any atom is -0.497 e. The third-order valence-electron chi connectivity index (χ3n) is 6.61. The lowest BCUT2D eigenvalue weighted by atomic mass is 9.83. The number of pyridine rings is 2. The van der Waals surface area contributed by atoms with Crippen LogP contribution in [-0.2, 0) is 22.6 Å². The molecule has 7 nitrogen and oxygen atoms in total. The molecule has 0 radical (unpaired) electrons. The number of benzene rings is 1. The molecule has 2 fully saturated rings. The summed E-state index contributed by atoms with van der Waals surface area (Å²) in [7, 11) is 1.65. The Bertz CT molecular complexity index is 1080. The lowest BCUT2D eigenvalue weighted by molar-refractivity contribution is -0.173. The zero-order valence-corrected chi connectivity index (χ0v) is 18.8. The molecular formula is C26H28N4O3. The normalized spacial score (nSPS) is 23.2. The molecule has 2 atom stereocenters. The molecule has 33 heavy (non-hydrogen) atoms. The molecule has 1 aromatic carbocycles. The monoisotopic (exact) mass is 444 g/mol. The summed E-state index contributed by atoms with van der Waals surface area (Å²) in [5.41, 5.74) is 2.37. The van der Waals surface area contributed by atoms with Crippen molar-refractivity contribution in [1.29, 1.82) is 0 Å². The van der Waals surface area contributed by atoms with Gasteiger partial charge in [0.05, 0.1) is 13.7 Å². The largest absolute Gasteiger partial charge is 0.497 e. The number of nitrogens with zero attached hydrogens (tertiary/aromatic N) is 4. The topological polar surface area (TPSA) is 67.8 Å². The number of likely N-dealkylation sites (tertiary alicyclic amines) is 1. The Morgan fingerprint density at radius 1 is 1.03 bits per heavy atom. The lowest BCUT2D eigenvalue weighted by Gasteiger charge is -2.42. The van der Waals surface area contributed by atoms with E-state index in [-0.39, 0.29) is 11.8 Å². The summed E-state index contributed by atoms with van der Waals surface area (Å²) in [4.78, 5) is 26.7. The first kappa shape index (κ1) is 21.6. The Morgan fingerprint density at radius 2 is 1.82 bits per heavy atom. The average Bonchev–Trinajstić information content (AvgIpc) is 3.22. The highest BCUT2D eigenvalue weighted by Gasteiger charge is 2.56. The van der Waals surface area contributed by atoms with Crippen LogP contribution in [-0.4, -0.2) is 64.6 Å². The van der Waals surface area contributed by atoms with Gasteiger partial charge in [0, 0.05) is 63.4 Å². The molecule has 4 heterocycles. The van der Waals surface area contributed by atoms with Crippen LogP contribution < -0.4 is 4.74 Å². The van der Waals surface area contributed by atoms with E-state index in [1.165, 1.54) is 5.56 Å². The van der Waals surface area contributed by atoms with E-state index in [1.54, 1.807) is 25.7 Å². The van der Waals surface area contributed by atoms with Crippen LogP contribution in [0.5, 0.6) is 5.75 Å². The van der Waals surface area contributed by atoms with Crippen LogP contribution in [0, 0.1) is 0 Å². The van der Waals surface area contributed by atoms with Gasteiger partial charge < -0.3 is 14.4 Å². The SMILES string of the molecule is COc1ccc(CN2CCO[C@@]3(CN(Cc4ccncc4)C[C@@H]3c3cccnc3)C2=O)cc1. The number of methoxy groups -OCH3 is 1. The summed E-state index contributed by atoms with van der Waals surface area (Å²) in [5, 5.41) is 0. The summed E-state index contributed by atoms with van der Waals surface area (Å²) in [6.07, 6.45) is 7.23. The second-order valence-electron chi connectivity index (χ2n) is 8.68. The van der Waals surface area contributed by atoms with E-state index in [4.69, 9.17) is 9.47 Å². The van der Waals surface area contributed by atoms with E-state index in [0.29, 0.717) is 26.2 Å². The molecular weight excluding hydrogens is 416 g/mol. The van der Waals surface area contributed by atoms with Crippen molar-refractivity contribution < 1.29 is 14.3 Å². The third kappa shape index (κ3) is 4.34. The molecule has 3 aromatic rings. The third-order valence-corrected chi connectivity index (χ3v) is 6.61. The van der Waals surface area contributed by atoms with E-state index >= 15 is 0 Å². The molecule has 170 valence electrons. The van der Waals surface area contributed by atoms with Crippen molar-refractivity contribution in [3.05, 3.63) is 90.0 Å². The summed E-state index contributed by atoms with van der Waals surface area (Å²) >= 11 is 0. The van der Waals surface area contributed by atoms with Crippen molar-refractivity contribution in [2.75, 3.05) is 33.4 Å². The van der Waals surface area contributed by atoms with Crippen LogP contribution in [0.3, 0.4) is 0 Å². The molecule has 1 spiro atoms. The maximum Gasteiger partial charge on any atom is 0.257 e. The molecule has 1 amide bonds. The van der Waals surface area contributed by atoms with Gasteiger partial charge >= 0.3 is 0 Å². The summed E-state index contributed by atoms with van der Waals surface area (Å²) in [6.45, 7) is 3.68. The number of ether oxygens (including phenoxy) is 2. The smallest absolute Gasteiger partial charge is 0.257 e. The number of carbonyl (C=O) groups is 1. The predicted molar refractivity (Wildman–Crippen MR) is 124 cm³/mol. The zero-order chi connectivity index (χ0) is 22.7. The molecule has 5 rings (SSSR count). The molecule has 7 heteroatoms. The summed E-state index contributed by atoms with van der Waals surface area (Å²) in [5.74, 6) is 0.776. The highest BCUT2D eigenvalue weighted by atomic mass is 16.5. The van der Waals surface area contributed by atoms with E-state index < -0.39 is 5.60 Å². The minimum absolute atomic E-state index is 0.0515. The molecule has 2 aliphatic rings. The molecule has 2 aliphatic heterocycles. The Hall–Kier alpha value is -3.29. The maximum absolute atomic E-state index is 14.0. The van der Waals surface area contributed by atoms with Crippen LogP contribution >= 0.6 is 0 Å². The average molecular weight is 445 g/mol. The minimum atomic E-state index is -0.916. The number of hydrogen-bond donors (Lipinski definition) is 0. The molecule has 0 N–H and O–H groups in total. The van der Waals surface area contributed by atoms with E-state index in [1.807, 2.05) is 53.6 Å². The molecule has 2 saturated heterocycles. The van der Waals surface area contributed by atoms with Gasteiger partial charge in [0.2, 0.25) is 0 Å². The molecule has 0 saturated carbocycles. The van der Waals surface area contributed by atoms with Crippen molar-refractivity contribution >= 4 is 5.91 Å². The first-order chi connectivity index (χ1) is 16.2. The Balaban J connectivity index is 1.42. The predicted octanol–water partition coefficient (Wildman–Crippen LogP) is 2.88. The standard InChI is InChI=1S/C26H28N4O3/c1-32-23-6-4-20(5-7-23)17-30-13-14-33-26(25(30)31)19-29(16-21-8-11-27-12-9-21)18-24(26)22-3-2-10-28-15-22/h2-12,15,24H,13-14,16-19H2,1H3/t24-,26-/m1/s1. The first-order valence-corrected chi connectivity index (χ1v) is 11.3.